The summed E-state index contributed by atoms with van der Waals surface area (Å²) in [5.74, 6) is 0. The molecule has 3 nitrogen and oxygen atoms in total. The van der Waals surface area contributed by atoms with Gasteiger partial charge in [0.05, 0.1) is 6.54 Å². The van der Waals surface area contributed by atoms with Crippen LogP contribution < -0.4 is 10.7 Å². The predicted octanol–water partition coefficient (Wildman–Crippen LogP) is -0.0546. The zero-order valence-corrected chi connectivity index (χ0v) is 7.38. The summed E-state index contributed by atoms with van der Waals surface area (Å²) >= 11 is 0. The minimum atomic E-state index is 0.827. The molecule has 13 heavy (non-hydrogen) atoms. The summed E-state index contributed by atoms with van der Waals surface area (Å²) < 4.78 is 0. The maximum absolute atomic E-state index is 4.46. The normalized spacial score (nSPS) is 18.5. The Morgan fingerprint density at radius 3 is 3.38 bits per heavy atom. The van der Waals surface area contributed by atoms with E-state index in [1.807, 2.05) is 6.21 Å². The third kappa shape index (κ3) is 0.963. The van der Waals surface area contributed by atoms with Crippen LogP contribution >= 0.6 is 0 Å². The van der Waals surface area contributed by atoms with E-state index in [9.17, 15) is 0 Å². The molecule has 3 heteroatoms. The fraction of sp³-hybridized carbons (Fsp3) is 0.400. The molecule has 3 heterocycles. The largest absolute Gasteiger partial charge is 0.343 e. The first-order valence-electron chi connectivity index (χ1n) is 4.68. The van der Waals surface area contributed by atoms with Gasteiger partial charge in [-0.2, -0.15) is 0 Å². The Labute approximate surface area is 75.9 Å². The Morgan fingerprint density at radius 1 is 1.38 bits per heavy atom. The van der Waals surface area contributed by atoms with Crippen molar-refractivity contribution >= 4 is 12.3 Å². The summed E-state index contributed by atoms with van der Waals surface area (Å²) in [4.78, 5) is 12.1. The monoisotopic (exact) mass is 173 g/mol. The average Bonchev–Trinajstić information content (AvgIpc) is 2.56. The summed E-state index contributed by atoms with van der Waals surface area (Å²) in [6.45, 7) is 1.75. The van der Waals surface area contributed by atoms with Gasteiger partial charge in [-0.15, -0.1) is 0 Å². The Hall–Kier alpha value is -1.38. The second-order valence-corrected chi connectivity index (χ2v) is 3.45. The first-order chi connectivity index (χ1) is 6.45. The molecule has 0 atom stereocenters. The van der Waals surface area contributed by atoms with E-state index in [0.717, 1.165) is 31.4 Å². The fourth-order valence-corrected chi connectivity index (χ4v) is 1.99. The van der Waals surface area contributed by atoms with Gasteiger partial charge in [0.2, 0.25) is 0 Å². The lowest BCUT2D eigenvalue weighted by atomic mass is 10.1. The van der Waals surface area contributed by atoms with Gasteiger partial charge in [0.25, 0.3) is 0 Å². The van der Waals surface area contributed by atoms with E-state index in [2.05, 4.69) is 21.0 Å². The van der Waals surface area contributed by atoms with Crippen molar-refractivity contribution in [2.24, 2.45) is 9.98 Å². The molecule has 1 aromatic rings. The lowest BCUT2D eigenvalue weighted by molar-refractivity contribution is 0.930. The highest BCUT2D eigenvalue weighted by Crippen LogP contribution is 2.06. The molecule has 0 amide bonds. The third-order valence-electron chi connectivity index (χ3n) is 2.64. The van der Waals surface area contributed by atoms with Gasteiger partial charge >= 0.3 is 0 Å². The van der Waals surface area contributed by atoms with Crippen LogP contribution in [-0.4, -0.2) is 17.7 Å². The van der Waals surface area contributed by atoms with Crippen LogP contribution in [0.25, 0.3) is 6.08 Å². The van der Waals surface area contributed by atoms with Crippen LogP contribution in [0.1, 0.15) is 17.7 Å². The molecule has 0 bridgehead atoms. The zero-order chi connectivity index (χ0) is 8.67. The molecule has 0 spiro atoms. The number of aromatic amines is 1. The summed E-state index contributed by atoms with van der Waals surface area (Å²) in [6.07, 6.45) is 6.26. The van der Waals surface area contributed by atoms with E-state index in [0.29, 0.717) is 0 Å². The quantitative estimate of drug-likeness (QED) is 0.571. The molecule has 0 radical (unpaired) electrons. The van der Waals surface area contributed by atoms with Crippen molar-refractivity contribution in [1.82, 2.24) is 4.98 Å². The molecule has 0 saturated heterocycles. The highest BCUT2D eigenvalue weighted by molar-refractivity contribution is 5.63. The Balaban J connectivity index is 2.35. The number of aromatic nitrogens is 1. The SMILES string of the molecule is C1=NCc2c([nH]c3c2=CCCN=3)C1. The first kappa shape index (κ1) is 7.06. The summed E-state index contributed by atoms with van der Waals surface area (Å²) in [5, 5.41) is 1.30. The number of nitrogens with zero attached hydrogens (tertiary/aromatic N) is 2. The molecule has 0 unspecified atom stereocenters. The van der Waals surface area contributed by atoms with Gasteiger partial charge in [0.1, 0.15) is 5.49 Å². The molecule has 3 rings (SSSR count). The predicted molar refractivity (Wildman–Crippen MR) is 51.4 cm³/mol. The van der Waals surface area contributed by atoms with Crippen molar-refractivity contribution in [2.45, 2.75) is 19.4 Å². The van der Waals surface area contributed by atoms with Gasteiger partial charge in [-0.3, -0.25) is 9.98 Å². The number of nitrogens with one attached hydrogen (secondary N) is 1. The number of H-pyrrole nitrogens is 1. The van der Waals surface area contributed by atoms with Gasteiger partial charge in [0, 0.05) is 35.7 Å². The van der Waals surface area contributed by atoms with Crippen molar-refractivity contribution in [3.63, 3.8) is 0 Å². The van der Waals surface area contributed by atoms with Gasteiger partial charge < -0.3 is 4.98 Å². The van der Waals surface area contributed by atoms with E-state index in [1.54, 1.807) is 0 Å². The van der Waals surface area contributed by atoms with Crippen LogP contribution in [0.2, 0.25) is 0 Å². The molecule has 1 aromatic heterocycles. The average molecular weight is 173 g/mol. The first-order valence-corrected chi connectivity index (χ1v) is 4.68. The van der Waals surface area contributed by atoms with Crippen molar-refractivity contribution < 1.29 is 0 Å². The maximum Gasteiger partial charge on any atom is 0.132 e. The molecule has 0 fully saturated rings. The van der Waals surface area contributed by atoms with Crippen molar-refractivity contribution in [2.75, 3.05) is 6.54 Å². The van der Waals surface area contributed by atoms with E-state index in [1.165, 1.54) is 16.5 Å². The maximum atomic E-state index is 4.46. The second kappa shape index (κ2) is 2.55. The molecule has 1 N–H and O–H groups in total. The Morgan fingerprint density at radius 2 is 2.38 bits per heavy atom. The number of aliphatic imine (C=N–C) groups is 1. The molecule has 2 aliphatic heterocycles. The van der Waals surface area contributed by atoms with E-state index < -0.39 is 0 Å². The topological polar surface area (TPSA) is 40.5 Å². The van der Waals surface area contributed by atoms with Crippen LogP contribution in [0.5, 0.6) is 0 Å². The fourth-order valence-electron chi connectivity index (χ4n) is 1.99. The molecule has 2 aliphatic rings. The third-order valence-corrected chi connectivity index (χ3v) is 2.64. The minimum absolute atomic E-state index is 0.827. The molecule has 0 saturated carbocycles. The van der Waals surface area contributed by atoms with Crippen molar-refractivity contribution in [1.29, 1.82) is 0 Å². The van der Waals surface area contributed by atoms with Gasteiger partial charge in [-0.1, -0.05) is 6.08 Å². The minimum Gasteiger partial charge on any atom is -0.343 e. The smallest absolute Gasteiger partial charge is 0.132 e. The second-order valence-electron chi connectivity index (χ2n) is 3.45. The highest BCUT2D eigenvalue weighted by atomic mass is 14.9. The molecular weight excluding hydrogens is 162 g/mol. The van der Waals surface area contributed by atoms with Crippen LogP contribution in [0.15, 0.2) is 9.98 Å². The molecule has 0 aromatic carbocycles. The summed E-state index contributed by atoms with van der Waals surface area (Å²) in [6, 6.07) is 0. The molecule has 66 valence electrons. The van der Waals surface area contributed by atoms with Crippen molar-refractivity contribution in [3.05, 3.63) is 22.0 Å². The summed E-state index contributed by atoms with van der Waals surface area (Å²) in [7, 11) is 0. The Bertz CT molecular complexity index is 479. The highest BCUT2D eigenvalue weighted by Gasteiger charge is 2.11. The zero-order valence-electron chi connectivity index (χ0n) is 7.38. The van der Waals surface area contributed by atoms with Gasteiger partial charge in [-0.25, -0.2) is 0 Å². The number of rotatable bonds is 0. The van der Waals surface area contributed by atoms with E-state index >= 15 is 0 Å². The molecule has 0 aliphatic carbocycles. The molecular formula is C10H11N3. The van der Waals surface area contributed by atoms with Crippen LogP contribution in [0.3, 0.4) is 0 Å². The Kier molecular flexibility index (Phi) is 1.39. The van der Waals surface area contributed by atoms with Crippen LogP contribution in [0, 0.1) is 0 Å². The summed E-state index contributed by atoms with van der Waals surface area (Å²) in [5.41, 5.74) is 3.74. The number of fused-ring (bicyclic) bond motifs is 3. The van der Waals surface area contributed by atoms with Gasteiger partial charge in [-0.05, 0) is 6.42 Å². The standard InChI is InChI=1S/C10H11N3/c1-2-7-8-6-11-5-3-9(8)13-10(7)12-4-1/h2,5H,1,3-4,6H2,(H,12,13). The van der Waals surface area contributed by atoms with E-state index in [4.69, 9.17) is 0 Å². The number of hydrogen-bond donors (Lipinski definition) is 1. The van der Waals surface area contributed by atoms with Crippen molar-refractivity contribution in [3.8, 4) is 0 Å². The van der Waals surface area contributed by atoms with Crippen LogP contribution in [-0.2, 0) is 13.0 Å². The van der Waals surface area contributed by atoms with Gasteiger partial charge in [0.15, 0.2) is 0 Å². The lowest BCUT2D eigenvalue weighted by Crippen LogP contribution is -2.28. The number of hydrogen-bond acceptors (Lipinski definition) is 2. The van der Waals surface area contributed by atoms with Crippen LogP contribution in [0.4, 0.5) is 0 Å². The van der Waals surface area contributed by atoms with E-state index in [-0.39, 0.29) is 0 Å². The lowest BCUT2D eigenvalue weighted by Gasteiger charge is -2.03.